The first-order chi connectivity index (χ1) is 8.29. The highest BCUT2D eigenvalue weighted by atomic mass is 16.5. The molecule has 0 spiro atoms. The van der Waals surface area contributed by atoms with Crippen molar-refractivity contribution >= 4 is 0 Å². The largest absolute Gasteiger partial charge is 0.388 e. The maximum atomic E-state index is 10.1. The van der Waals surface area contributed by atoms with Gasteiger partial charge in [-0.25, -0.2) is 0 Å². The second-order valence-electron chi connectivity index (χ2n) is 4.54. The van der Waals surface area contributed by atoms with E-state index in [2.05, 4.69) is 6.07 Å². The van der Waals surface area contributed by atoms with Crippen molar-refractivity contribution in [1.29, 1.82) is 5.26 Å². The molecular weight excluding hydrogens is 214 g/mol. The molecule has 1 fully saturated rings. The molecule has 1 unspecified atom stereocenters. The Bertz CT molecular complexity index is 405. The monoisotopic (exact) mass is 231 g/mol. The zero-order valence-corrected chi connectivity index (χ0v) is 9.80. The SMILES string of the molecule is N#Cc1cccc(C(O)CC2CCOCC2)c1. The number of nitrogens with zero attached hydrogens (tertiary/aromatic N) is 1. The van der Waals surface area contributed by atoms with E-state index >= 15 is 0 Å². The van der Waals surface area contributed by atoms with Crippen molar-refractivity contribution in [2.75, 3.05) is 13.2 Å². The van der Waals surface area contributed by atoms with Gasteiger partial charge in [-0.15, -0.1) is 0 Å². The standard InChI is InChI=1S/C14H17NO2/c15-10-12-2-1-3-13(8-12)14(16)9-11-4-6-17-7-5-11/h1-3,8,11,14,16H,4-7,9H2. The maximum absolute atomic E-state index is 10.1. The molecule has 1 heterocycles. The predicted molar refractivity (Wildman–Crippen MR) is 64.3 cm³/mol. The van der Waals surface area contributed by atoms with Crippen LogP contribution in [0.5, 0.6) is 0 Å². The van der Waals surface area contributed by atoms with E-state index in [0.717, 1.165) is 38.0 Å². The molecule has 1 saturated heterocycles. The van der Waals surface area contributed by atoms with Gasteiger partial charge in [0.05, 0.1) is 17.7 Å². The van der Waals surface area contributed by atoms with Crippen LogP contribution < -0.4 is 0 Å². The number of hydrogen-bond acceptors (Lipinski definition) is 3. The van der Waals surface area contributed by atoms with Gasteiger partial charge >= 0.3 is 0 Å². The van der Waals surface area contributed by atoms with Gasteiger partial charge in [-0.3, -0.25) is 0 Å². The molecule has 3 heteroatoms. The lowest BCUT2D eigenvalue weighted by Crippen LogP contribution is -2.18. The van der Waals surface area contributed by atoms with Crippen LogP contribution in [0, 0.1) is 17.2 Å². The third-order valence-corrected chi connectivity index (χ3v) is 3.30. The van der Waals surface area contributed by atoms with Crippen LogP contribution in [0.1, 0.15) is 36.5 Å². The van der Waals surface area contributed by atoms with Crippen LogP contribution in [-0.4, -0.2) is 18.3 Å². The Morgan fingerprint density at radius 1 is 1.41 bits per heavy atom. The Kier molecular flexibility index (Phi) is 4.13. The fourth-order valence-corrected chi connectivity index (χ4v) is 2.25. The number of nitriles is 1. The van der Waals surface area contributed by atoms with Crippen molar-refractivity contribution < 1.29 is 9.84 Å². The highest BCUT2D eigenvalue weighted by molar-refractivity contribution is 5.33. The molecule has 0 aliphatic carbocycles. The van der Waals surface area contributed by atoms with E-state index in [1.54, 1.807) is 12.1 Å². The molecule has 0 radical (unpaired) electrons. The highest BCUT2D eigenvalue weighted by Crippen LogP contribution is 2.27. The van der Waals surface area contributed by atoms with Gasteiger partial charge in [0.25, 0.3) is 0 Å². The van der Waals surface area contributed by atoms with Crippen molar-refractivity contribution in [3.8, 4) is 6.07 Å². The molecule has 0 amide bonds. The Morgan fingerprint density at radius 2 is 2.18 bits per heavy atom. The van der Waals surface area contributed by atoms with Gasteiger partial charge in [-0.1, -0.05) is 12.1 Å². The van der Waals surface area contributed by atoms with Crippen LogP contribution in [0.15, 0.2) is 24.3 Å². The quantitative estimate of drug-likeness (QED) is 0.869. The molecule has 1 aliphatic rings. The molecule has 1 aliphatic heterocycles. The van der Waals surface area contributed by atoms with Crippen molar-refractivity contribution in [3.63, 3.8) is 0 Å². The van der Waals surface area contributed by atoms with Crippen molar-refractivity contribution in [2.45, 2.75) is 25.4 Å². The van der Waals surface area contributed by atoms with E-state index in [9.17, 15) is 5.11 Å². The summed E-state index contributed by atoms with van der Waals surface area (Å²) in [6, 6.07) is 9.32. The van der Waals surface area contributed by atoms with Crippen LogP contribution in [0.25, 0.3) is 0 Å². The van der Waals surface area contributed by atoms with Gasteiger partial charge in [0.2, 0.25) is 0 Å². The minimum absolute atomic E-state index is 0.466. The van der Waals surface area contributed by atoms with Crippen LogP contribution in [0.4, 0.5) is 0 Å². The average molecular weight is 231 g/mol. The molecule has 0 bridgehead atoms. The van der Waals surface area contributed by atoms with Crippen molar-refractivity contribution in [3.05, 3.63) is 35.4 Å². The van der Waals surface area contributed by atoms with Crippen molar-refractivity contribution in [1.82, 2.24) is 0 Å². The fourth-order valence-electron chi connectivity index (χ4n) is 2.25. The van der Waals surface area contributed by atoms with Gasteiger partial charge < -0.3 is 9.84 Å². The normalized spacial score (nSPS) is 18.6. The summed E-state index contributed by atoms with van der Waals surface area (Å²) in [7, 11) is 0. The van der Waals surface area contributed by atoms with Crippen molar-refractivity contribution in [2.24, 2.45) is 5.92 Å². The molecule has 0 saturated carbocycles. The first-order valence-electron chi connectivity index (χ1n) is 6.05. The number of benzene rings is 1. The maximum Gasteiger partial charge on any atom is 0.0991 e. The topological polar surface area (TPSA) is 53.2 Å². The second kappa shape index (κ2) is 5.81. The lowest BCUT2D eigenvalue weighted by atomic mass is 9.90. The van der Waals surface area contributed by atoms with E-state index in [4.69, 9.17) is 10.00 Å². The summed E-state index contributed by atoms with van der Waals surface area (Å²) in [5, 5.41) is 19.0. The van der Waals surface area contributed by atoms with Gasteiger partial charge in [0.15, 0.2) is 0 Å². The minimum atomic E-state index is -0.466. The summed E-state index contributed by atoms with van der Waals surface area (Å²) < 4.78 is 5.30. The molecule has 3 nitrogen and oxygen atoms in total. The Morgan fingerprint density at radius 3 is 2.88 bits per heavy atom. The first kappa shape index (κ1) is 12.1. The summed E-state index contributed by atoms with van der Waals surface area (Å²) in [6.45, 7) is 1.60. The number of rotatable bonds is 3. The van der Waals surface area contributed by atoms with E-state index in [1.807, 2.05) is 12.1 Å². The summed E-state index contributed by atoms with van der Waals surface area (Å²) in [5.41, 5.74) is 1.45. The Balaban J connectivity index is 1.98. The average Bonchev–Trinajstić information content (AvgIpc) is 2.40. The fraction of sp³-hybridized carbons (Fsp3) is 0.500. The molecule has 1 aromatic rings. The third-order valence-electron chi connectivity index (χ3n) is 3.30. The Labute approximate surface area is 102 Å². The van der Waals surface area contributed by atoms with E-state index in [1.165, 1.54) is 0 Å². The first-order valence-corrected chi connectivity index (χ1v) is 6.05. The smallest absolute Gasteiger partial charge is 0.0991 e. The highest BCUT2D eigenvalue weighted by Gasteiger charge is 2.18. The van der Waals surface area contributed by atoms with E-state index in [-0.39, 0.29) is 0 Å². The third kappa shape index (κ3) is 3.29. The van der Waals surface area contributed by atoms with Gasteiger partial charge in [0.1, 0.15) is 0 Å². The molecule has 1 aromatic carbocycles. The molecule has 1 N–H and O–H groups in total. The minimum Gasteiger partial charge on any atom is -0.388 e. The number of aliphatic hydroxyl groups excluding tert-OH is 1. The molecular formula is C14H17NO2. The van der Waals surface area contributed by atoms with Gasteiger partial charge in [-0.2, -0.15) is 5.26 Å². The molecule has 17 heavy (non-hydrogen) atoms. The lowest BCUT2D eigenvalue weighted by molar-refractivity contribution is 0.0435. The van der Waals surface area contributed by atoms with Gasteiger partial charge in [0, 0.05) is 13.2 Å². The second-order valence-corrected chi connectivity index (χ2v) is 4.54. The molecule has 2 rings (SSSR count). The van der Waals surface area contributed by atoms with Crippen LogP contribution in [-0.2, 0) is 4.74 Å². The zero-order chi connectivity index (χ0) is 12.1. The van der Waals surface area contributed by atoms with E-state index < -0.39 is 6.10 Å². The van der Waals surface area contributed by atoms with Crippen LogP contribution in [0.2, 0.25) is 0 Å². The van der Waals surface area contributed by atoms with Crippen LogP contribution in [0.3, 0.4) is 0 Å². The summed E-state index contributed by atoms with van der Waals surface area (Å²) in [4.78, 5) is 0. The molecule has 0 aromatic heterocycles. The van der Waals surface area contributed by atoms with Gasteiger partial charge in [-0.05, 0) is 42.9 Å². The summed E-state index contributed by atoms with van der Waals surface area (Å²) in [5.74, 6) is 0.532. The summed E-state index contributed by atoms with van der Waals surface area (Å²) in [6.07, 6.45) is 2.34. The Hall–Kier alpha value is -1.37. The lowest BCUT2D eigenvalue weighted by Gasteiger charge is -2.24. The molecule has 1 atom stereocenters. The number of aliphatic hydroxyl groups is 1. The zero-order valence-electron chi connectivity index (χ0n) is 9.80. The number of hydrogen-bond donors (Lipinski definition) is 1. The number of ether oxygens (including phenoxy) is 1. The van der Waals surface area contributed by atoms with E-state index in [0.29, 0.717) is 11.5 Å². The van der Waals surface area contributed by atoms with Crippen LogP contribution >= 0.6 is 0 Å². The summed E-state index contributed by atoms with van der Waals surface area (Å²) >= 11 is 0. The molecule has 90 valence electrons. The predicted octanol–water partition coefficient (Wildman–Crippen LogP) is 2.41.